The third-order valence-electron chi connectivity index (χ3n) is 4.94. The van der Waals surface area contributed by atoms with E-state index in [0.717, 1.165) is 25.9 Å². The summed E-state index contributed by atoms with van der Waals surface area (Å²) >= 11 is 1.73. The van der Waals surface area contributed by atoms with Gasteiger partial charge in [0.15, 0.2) is 0 Å². The van der Waals surface area contributed by atoms with E-state index in [9.17, 15) is 4.79 Å². The van der Waals surface area contributed by atoms with Crippen LogP contribution in [0.2, 0.25) is 0 Å². The van der Waals surface area contributed by atoms with Crippen LogP contribution in [0.4, 0.5) is 5.69 Å². The number of hydrogen-bond donors (Lipinski definition) is 1. The van der Waals surface area contributed by atoms with Crippen molar-refractivity contribution < 1.29 is 4.79 Å². The molecule has 2 aromatic rings. The van der Waals surface area contributed by atoms with Crippen LogP contribution in [0.25, 0.3) is 0 Å². The number of piperidine rings is 1. The van der Waals surface area contributed by atoms with Gasteiger partial charge in [-0.05, 0) is 29.9 Å². The summed E-state index contributed by atoms with van der Waals surface area (Å²) in [5, 5.41) is 7.42. The average molecular weight is 298 g/mol. The van der Waals surface area contributed by atoms with Gasteiger partial charge in [-0.25, -0.2) is 0 Å². The zero-order chi connectivity index (χ0) is 14.3. The molecule has 2 aliphatic heterocycles. The van der Waals surface area contributed by atoms with E-state index in [1.807, 2.05) is 18.2 Å². The largest absolute Gasteiger partial charge is 0.371 e. The number of β-lactam (4-membered cyclic amide) rings is 1. The first kappa shape index (κ1) is 12.9. The van der Waals surface area contributed by atoms with E-state index in [-0.39, 0.29) is 17.4 Å². The predicted molar refractivity (Wildman–Crippen MR) is 85.5 cm³/mol. The van der Waals surface area contributed by atoms with Crippen molar-refractivity contribution in [3.63, 3.8) is 0 Å². The van der Waals surface area contributed by atoms with Gasteiger partial charge in [-0.15, -0.1) is 0 Å². The maximum absolute atomic E-state index is 12.3. The van der Waals surface area contributed by atoms with E-state index in [4.69, 9.17) is 0 Å². The van der Waals surface area contributed by atoms with E-state index >= 15 is 0 Å². The third kappa shape index (κ3) is 1.97. The van der Waals surface area contributed by atoms with Crippen LogP contribution in [-0.2, 0) is 4.79 Å². The van der Waals surface area contributed by atoms with Crippen LogP contribution in [0.5, 0.6) is 0 Å². The molecule has 0 unspecified atom stereocenters. The number of thiophene rings is 1. The van der Waals surface area contributed by atoms with Gasteiger partial charge >= 0.3 is 0 Å². The monoisotopic (exact) mass is 298 g/mol. The Balaban J connectivity index is 1.54. The molecule has 3 nitrogen and oxygen atoms in total. The van der Waals surface area contributed by atoms with E-state index in [1.54, 1.807) is 11.3 Å². The zero-order valence-corrected chi connectivity index (χ0v) is 12.6. The number of anilines is 1. The number of rotatable bonds is 2. The highest BCUT2D eigenvalue weighted by Gasteiger charge is 2.56. The number of amides is 1. The van der Waals surface area contributed by atoms with Crippen LogP contribution in [0, 0.1) is 5.41 Å². The van der Waals surface area contributed by atoms with Crippen molar-refractivity contribution in [3.05, 3.63) is 52.7 Å². The Bertz CT molecular complexity index is 630. The molecule has 21 heavy (non-hydrogen) atoms. The lowest BCUT2D eigenvalue weighted by molar-refractivity contribution is -0.148. The van der Waals surface area contributed by atoms with Crippen LogP contribution in [0.3, 0.4) is 0 Å². The number of hydrogen-bond acceptors (Lipinski definition) is 3. The minimum Gasteiger partial charge on any atom is -0.371 e. The van der Waals surface area contributed by atoms with Gasteiger partial charge in [0.2, 0.25) is 5.91 Å². The van der Waals surface area contributed by atoms with E-state index in [0.29, 0.717) is 0 Å². The average Bonchev–Trinajstić information content (AvgIpc) is 3.08. The van der Waals surface area contributed by atoms with E-state index in [1.165, 1.54) is 11.3 Å². The number of carbonyl (C=O) groups excluding carboxylic acids is 1. The van der Waals surface area contributed by atoms with Crippen molar-refractivity contribution in [1.82, 2.24) is 5.32 Å². The molecule has 1 aromatic carbocycles. The molecule has 1 aromatic heterocycles. The Morgan fingerprint density at radius 2 is 1.90 bits per heavy atom. The molecule has 0 aliphatic carbocycles. The summed E-state index contributed by atoms with van der Waals surface area (Å²) < 4.78 is 0. The van der Waals surface area contributed by atoms with Gasteiger partial charge in [0.1, 0.15) is 0 Å². The number of benzene rings is 1. The summed E-state index contributed by atoms with van der Waals surface area (Å²) in [4.78, 5) is 14.7. The van der Waals surface area contributed by atoms with Gasteiger partial charge < -0.3 is 10.2 Å². The summed E-state index contributed by atoms with van der Waals surface area (Å²) in [6.45, 7) is 1.93. The molecule has 4 heteroatoms. The lowest BCUT2D eigenvalue weighted by Gasteiger charge is -2.53. The second-order valence-corrected chi connectivity index (χ2v) is 6.72. The van der Waals surface area contributed by atoms with Crippen molar-refractivity contribution in [2.24, 2.45) is 5.41 Å². The zero-order valence-electron chi connectivity index (χ0n) is 11.8. The van der Waals surface area contributed by atoms with Crippen LogP contribution >= 0.6 is 11.3 Å². The molecule has 2 fully saturated rings. The van der Waals surface area contributed by atoms with E-state index < -0.39 is 0 Å². The molecule has 1 amide bonds. The summed E-state index contributed by atoms with van der Waals surface area (Å²) in [7, 11) is 0. The first-order valence-corrected chi connectivity index (χ1v) is 8.37. The second kappa shape index (κ2) is 4.88. The quantitative estimate of drug-likeness (QED) is 0.864. The van der Waals surface area contributed by atoms with Crippen molar-refractivity contribution in [3.8, 4) is 0 Å². The molecule has 3 heterocycles. The smallest absolute Gasteiger partial charge is 0.229 e. The Morgan fingerprint density at radius 1 is 1.14 bits per heavy atom. The molecule has 0 radical (unpaired) electrons. The fourth-order valence-corrected chi connectivity index (χ4v) is 4.29. The number of nitrogens with one attached hydrogen (secondary N) is 1. The highest BCUT2D eigenvalue weighted by atomic mass is 32.1. The second-order valence-electron chi connectivity index (χ2n) is 5.94. The molecular formula is C17H18N2OS. The molecular weight excluding hydrogens is 280 g/mol. The van der Waals surface area contributed by atoms with Crippen LogP contribution in [-0.4, -0.2) is 19.0 Å². The van der Waals surface area contributed by atoms with Gasteiger partial charge in [-0.1, -0.05) is 30.3 Å². The van der Waals surface area contributed by atoms with Gasteiger partial charge in [-0.3, -0.25) is 4.79 Å². The Kier molecular flexibility index (Phi) is 3.00. The van der Waals surface area contributed by atoms with Gasteiger partial charge in [0.05, 0.1) is 11.5 Å². The topological polar surface area (TPSA) is 32.3 Å². The Labute approximate surface area is 128 Å². The third-order valence-corrected chi connectivity index (χ3v) is 5.61. The van der Waals surface area contributed by atoms with Gasteiger partial charge in [0, 0.05) is 24.2 Å². The molecule has 1 spiro atoms. The number of nitrogens with zero attached hydrogens (tertiary/aromatic N) is 1. The van der Waals surface area contributed by atoms with Gasteiger partial charge in [0.25, 0.3) is 0 Å². The molecule has 2 saturated heterocycles. The first-order valence-electron chi connectivity index (χ1n) is 7.43. The maximum atomic E-state index is 12.3. The normalized spacial score (nSPS) is 23.7. The molecule has 4 rings (SSSR count). The van der Waals surface area contributed by atoms with Crippen molar-refractivity contribution in [1.29, 1.82) is 0 Å². The molecule has 2 aliphatic rings. The number of carbonyl (C=O) groups is 1. The Hall–Kier alpha value is -1.81. The molecule has 0 bridgehead atoms. The lowest BCUT2D eigenvalue weighted by atomic mass is 9.64. The Morgan fingerprint density at radius 3 is 2.52 bits per heavy atom. The van der Waals surface area contributed by atoms with Crippen LogP contribution in [0.1, 0.15) is 24.4 Å². The minimum absolute atomic E-state index is 0.187. The van der Waals surface area contributed by atoms with Crippen LogP contribution < -0.4 is 10.2 Å². The predicted octanol–water partition coefficient (Wildman–Crippen LogP) is 3.21. The fraction of sp³-hybridized carbons (Fsp3) is 0.353. The standard InChI is InChI=1S/C17H18N2OS/c20-16-17(15(18-16)13-4-2-1-3-5-13)7-9-19(10-8-17)14-6-11-21-12-14/h1-6,11-12,15H,7-10H2,(H,18,20)/t15-/m1/s1. The van der Waals surface area contributed by atoms with Crippen molar-refractivity contribution >= 4 is 22.9 Å². The van der Waals surface area contributed by atoms with Gasteiger partial charge in [-0.2, -0.15) is 11.3 Å². The summed E-state index contributed by atoms with van der Waals surface area (Å²) in [5.74, 6) is 0.237. The molecule has 0 saturated carbocycles. The maximum Gasteiger partial charge on any atom is 0.229 e. The minimum atomic E-state index is -0.187. The lowest BCUT2D eigenvalue weighted by Crippen LogP contribution is -2.64. The first-order chi connectivity index (χ1) is 10.3. The SMILES string of the molecule is O=C1N[C@H](c2ccccc2)C12CCN(c1ccsc1)CC2. The highest BCUT2D eigenvalue weighted by molar-refractivity contribution is 7.08. The van der Waals surface area contributed by atoms with E-state index in [2.05, 4.69) is 39.2 Å². The highest BCUT2D eigenvalue weighted by Crippen LogP contribution is 2.50. The molecule has 1 atom stereocenters. The fourth-order valence-electron chi connectivity index (χ4n) is 3.63. The summed E-state index contributed by atoms with van der Waals surface area (Å²) in [6.07, 6.45) is 1.88. The summed E-state index contributed by atoms with van der Waals surface area (Å²) in [6, 6.07) is 12.7. The molecule has 108 valence electrons. The van der Waals surface area contributed by atoms with Crippen molar-refractivity contribution in [2.75, 3.05) is 18.0 Å². The van der Waals surface area contributed by atoms with Crippen molar-refractivity contribution in [2.45, 2.75) is 18.9 Å². The molecule has 1 N–H and O–H groups in total. The summed E-state index contributed by atoms with van der Waals surface area (Å²) in [5.41, 5.74) is 2.35. The van der Waals surface area contributed by atoms with Crippen LogP contribution in [0.15, 0.2) is 47.2 Å².